The van der Waals surface area contributed by atoms with Crippen LogP contribution in [0.2, 0.25) is 0 Å². The summed E-state index contributed by atoms with van der Waals surface area (Å²) < 4.78 is 7.64. The third kappa shape index (κ3) is 4.78. The Morgan fingerprint density at radius 3 is 2.81 bits per heavy atom. The molecule has 1 aromatic rings. The molecule has 2 atom stereocenters. The molecule has 1 saturated heterocycles. The Bertz CT molecular complexity index is 452. The number of rotatable bonds is 6. The van der Waals surface area contributed by atoms with E-state index >= 15 is 0 Å². The maximum Gasteiger partial charge on any atom is 0.234 e. The van der Waals surface area contributed by atoms with Crippen LogP contribution in [0, 0.1) is 0 Å². The Hall–Kier alpha value is -1.47. The smallest absolute Gasteiger partial charge is 0.234 e. The summed E-state index contributed by atoms with van der Waals surface area (Å²) in [4.78, 5) is 14.2. The van der Waals surface area contributed by atoms with Gasteiger partial charge in [0.15, 0.2) is 5.82 Å². The molecule has 1 aliphatic heterocycles. The third-order valence-corrected chi connectivity index (χ3v) is 3.47. The summed E-state index contributed by atoms with van der Waals surface area (Å²) in [6.45, 7) is 9.46. The maximum atomic E-state index is 12.0. The van der Waals surface area contributed by atoms with Crippen LogP contribution in [0.3, 0.4) is 0 Å². The first-order valence-corrected chi connectivity index (χ1v) is 7.59. The second-order valence-electron chi connectivity index (χ2n) is 5.67. The van der Waals surface area contributed by atoms with Gasteiger partial charge in [0.2, 0.25) is 5.91 Å². The van der Waals surface area contributed by atoms with Crippen LogP contribution in [0.1, 0.15) is 33.0 Å². The molecule has 0 spiro atoms. The van der Waals surface area contributed by atoms with E-state index in [4.69, 9.17) is 4.74 Å². The van der Waals surface area contributed by atoms with Gasteiger partial charge in [0.05, 0.1) is 25.3 Å². The van der Waals surface area contributed by atoms with E-state index < -0.39 is 0 Å². The quantitative estimate of drug-likeness (QED) is 0.823. The molecular weight excluding hydrogens is 270 g/mol. The molecule has 2 rings (SSSR count). The van der Waals surface area contributed by atoms with Crippen molar-refractivity contribution in [1.82, 2.24) is 25.0 Å². The van der Waals surface area contributed by atoms with Crippen molar-refractivity contribution in [3.63, 3.8) is 0 Å². The average Bonchev–Trinajstić information content (AvgIpc) is 2.83. The van der Waals surface area contributed by atoms with E-state index in [2.05, 4.69) is 27.3 Å². The number of hydrogen-bond donors (Lipinski definition) is 1. The van der Waals surface area contributed by atoms with Gasteiger partial charge in [0.1, 0.15) is 6.33 Å². The van der Waals surface area contributed by atoms with Crippen LogP contribution in [0.25, 0.3) is 0 Å². The van der Waals surface area contributed by atoms with E-state index in [9.17, 15) is 4.79 Å². The van der Waals surface area contributed by atoms with E-state index in [1.165, 1.54) is 0 Å². The van der Waals surface area contributed by atoms with E-state index in [0.717, 1.165) is 31.9 Å². The Balaban J connectivity index is 1.78. The van der Waals surface area contributed by atoms with Crippen molar-refractivity contribution in [3.05, 3.63) is 12.2 Å². The number of aromatic nitrogens is 3. The van der Waals surface area contributed by atoms with Gasteiger partial charge in [-0.1, -0.05) is 6.92 Å². The summed E-state index contributed by atoms with van der Waals surface area (Å²) in [5, 5.41) is 10.8. The van der Waals surface area contributed by atoms with Crippen molar-refractivity contribution in [1.29, 1.82) is 0 Å². The zero-order valence-electron chi connectivity index (χ0n) is 13.1. The van der Waals surface area contributed by atoms with Gasteiger partial charge in [-0.3, -0.25) is 9.69 Å². The molecule has 0 radical (unpaired) electrons. The molecule has 7 heteroatoms. The number of nitrogens with zero attached hydrogens (tertiary/aromatic N) is 4. The zero-order chi connectivity index (χ0) is 15.2. The van der Waals surface area contributed by atoms with Crippen LogP contribution in [0.15, 0.2) is 6.33 Å². The van der Waals surface area contributed by atoms with Crippen molar-refractivity contribution in [3.8, 4) is 0 Å². The van der Waals surface area contributed by atoms with Crippen LogP contribution in [0.5, 0.6) is 0 Å². The highest BCUT2D eigenvalue weighted by atomic mass is 16.5. The number of aryl methyl sites for hydroxylation is 1. The summed E-state index contributed by atoms with van der Waals surface area (Å²) in [6.07, 6.45) is 3.07. The van der Waals surface area contributed by atoms with Gasteiger partial charge in [-0.15, -0.1) is 10.2 Å². The summed E-state index contributed by atoms with van der Waals surface area (Å²) in [6, 6.07) is 0. The van der Waals surface area contributed by atoms with Crippen LogP contribution in [-0.4, -0.2) is 57.4 Å². The van der Waals surface area contributed by atoms with Gasteiger partial charge in [-0.2, -0.15) is 0 Å². The Labute approximate surface area is 125 Å². The summed E-state index contributed by atoms with van der Waals surface area (Å²) in [5.41, 5.74) is 0. The minimum atomic E-state index is 0.0161. The molecule has 118 valence electrons. The molecule has 21 heavy (non-hydrogen) atoms. The van der Waals surface area contributed by atoms with Gasteiger partial charge < -0.3 is 14.6 Å². The standard InChI is InChI=1S/C14H25N5O2/c1-4-5-19-10-16-17-13(19)6-15-14(20)9-18-7-11(2)21-12(3)8-18/h10-12H,4-9H2,1-3H3,(H,15,20)/t11-,12+. The zero-order valence-corrected chi connectivity index (χ0v) is 13.1. The van der Waals surface area contributed by atoms with Crippen LogP contribution >= 0.6 is 0 Å². The van der Waals surface area contributed by atoms with Gasteiger partial charge in [-0.05, 0) is 20.3 Å². The van der Waals surface area contributed by atoms with Crippen LogP contribution in [-0.2, 0) is 22.6 Å². The monoisotopic (exact) mass is 295 g/mol. The molecule has 2 heterocycles. The van der Waals surface area contributed by atoms with Crippen LogP contribution < -0.4 is 5.32 Å². The first-order chi connectivity index (χ1) is 10.1. The SMILES string of the molecule is CCCn1cnnc1CNC(=O)CN1C[C@@H](C)O[C@@H](C)C1. The van der Waals surface area contributed by atoms with Crippen molar-refractivity contribution in [2.45, 2.75) is 52.5 Å². The Morgan fingerprint density at radius 2 is 2.14 bits per heavy atom. The second-order valence-corrected chi connectivity index (χ2v) is 5.67. The minimum absolute atomic E-state index is 0.0161. The molecule has 0 bridgehead atoms. The highest BCUT2D eigenvalue weighted by Crippen LogP contribution is 2.09. The normalized spacial score (nSPS) is 23.2. The molecule has 0 aliphatic carbocycles. The second kappa shape index (κ2) is 7.51. The lowest BCUT2D eigenvalue weighted by Gasteiger charge is -2.34. The number of nitrogens with one attached hydrogen (secondary N) is 1. The molecule has 1 fully saturated rings. The summed E-state index contributed by atoms with van der Waals surface area (Å²) in [7, 11) is 0. The molecule has 1 aliphatic rings. The van der Waals surface area contributed by atoms with E-state index in [1.54, 1.807) is 6.33 Å². The lowest BCUT2D eigenvalue weighted by atomic mass is 10.2. The van der Waals surface area contributed by atoms with E-state index in [0.29, 0.717) is 13.1 Å². The molecule has 1 aromatic heterocycles. The summed E-state index contributed by atoms with van der Waals surface area (Å²) in [5.74, 6) is 0.816. The average molecular weight is 295 g/mol. The number of amides is 1. The molecule has 1 amide bonds. The van der Waals surface area contributed by atoms with Gasteiger partial charge >= 0.3 is 0 Å². The number of hydrogen-bond acceptors (Lipinski definition) is 5. The number of ether oxygens (including phenoxy) is 1. The lowest BCUT2D eigenvalue weighted by Crippen LogP contribution is -2.49. The molecule has 1 N–H and O–H groups in total. The predicted octanol–water partition coefficient (Wildman–Crippen LogP) is 0.414. The number of carbonyl (C=O) groups excluding carboxylic acids is 1. The molecular formula is C14H25N5O2. The fraction of sp³-hybridized carbons (Fsp3) is 0.786. The maximum absolute atomic E-state index is 12.0. The molecule has 7 nitrogen and oxygen atoms in total. The Kier molecular flexibility index (Phi) is 5.69. The molecule has 0 saturated carbocycles. The largest absolute Gasteiger partial charge is 0.373 e. The minimum Gasteiger partial charge on any atom is -0.373 e. The number of carbonyl (C=O) groups is 1. The third-order valence-electron chi connectivity index (χ3n) is 3.47. The van der Waals surface area contributed by atoms with Gasteiger partial charge in [-0.25, -0.2) is 0 Å². The van der Waals surface area contributed by atoms with Gasteiger partial charge in [0.25, 0.3) is 0 Å². The van der Waals surface area contributed by atoms with E-state index in [1.807, 2.05) is 18.4 Å². The fourth-order valence-electron chi connectivity index (χ4n) is 2.69. The topological polar surface area (TPSA) is 72.3 Å². The first kappa shape index (κ1) is 15.9. The Morgan fingerprint density at radius 1 is 1.43 bits per heavy atom. The first-order valence-electron chi connectivity index (χ1n) is 7.59. The van der Waals surface area contributed by atoms with Crippen molar-refractivity contribution in [2.75, 3.05) is 19.6 Å². The van der Waals surface area contributed by atoms with Crippen molar-refractivity contribution in [2.24, 2.45) is 0 Å². The highest BCUT2D eigenvalue weighted by molar-refractivity contribution is 5.77. The van der Waals surface area contributed by atoms with Crippen LogP contribution in [0.4, 0.5) is 0 Å². The van der Waals surface area contributed by atoms with Gasteiger partial charge in [0, 0.05) is 19.6 Å². The number of morpholine rings is 1. The molecule has 0 unspecified atom stereocenters. The predicted molar refractivity (Wildman–Crippen MR) is 78.6 cm³/mol. The summed E-state index contributed by atoms with van der Waals surface area (Å²) >= 11 is 0. The van der Waals surface area contributed by atoms with E-state index in [-0.39, 0.29) is 18.1 Å². The molecule has 0 aromatic carbocycles. The van der Waals surface area contributed by atoms with Crippen molar-refractivity contribution >= 4 is 5.91 Å². The van der Waals surface area contributed by atoms with Crippen molar-refractivity contribution < 1.29 is 9.53 Å². The fourth-order valence-corrected chi connectivity index (χ4v) is 2.69. The lowest BCUT2D eigenvalue weighted by molar-refractivity contribution is -0.126. The highest BCUT2D eigenvalue weighted by Gasteiger charge is 2.23.